The summed E-state index contributed by atoms with van der Waals surface area (Å²) in [5.74, 6) is -4.87. The van der Waals surface area contributed by atoms with Crippen molar-refractivity contribution in [3.05, 3.63) is 98.0 Å². The molecule has 2 aliphatic heterocycles. The number of benzene rings is 2. The first kappa shape index (κ1) is 28.6. The van der Waals surface area contributed by atoms with Gasteiger partial charge < -0.3 is 23.8 Å². The zero-order chi connectivity index (χ0) is 31.9. The van der Waals surface area contributed by atoms with Gasteiger partial charge in [0.1, 0.15) is 12.0 Å². The zero-order valence-corrected chi connectivity index (χ0v) is 24.9. The minimum atomic E-state index is -3.28. The molecule has 46 heavy (non-hydrogen) atoms. The molecule has 10 nitrogen and oxygen atoms in total. The van der Waals surface area contributed by atoms with E-state index in [4.69, 9.17) is 14.2 Å². The molecule has 4 heterocycles. The lowest BCUT2D eigenvalue weighted by molar-refractivity contribution is -0.0208. The topological polar surface area (TPSA) is 99.5 Å². The third kappa shape index (κ3) is 4.02. The third-order valence-electron chi connectivity index (χ3n) is 8.88. The molecule has 1 fully saturated rings. The van der Waals surface area contributed by atoms with Crippen molar-refractivity contribution < 1.29 is 41.7 Å². The van der Waals surface area contributed by atoms with Gasteiger partial charge in [0.05, 0.1) is 26.4 Å². The molecular formula is C32H24F3N3O7S. The highest BCUT2D eigenvalue weighted by atomic mass is 32.1. The third-order valence-corrected chi connectivity index (χ3v) is 9.90. The Balaban J connectivity index is 1.40. The average molecular weight is 652 g/mol. The maximum atomic E-state index is 15.6. The highest BCUT2D eigenvalue weighted by Crippen LogP contribution is 2.58. The maximum Gasteiger partial charge on any atom is 0.510 e. The summed E-state index contributed by atoms with van der Waals surface area (Å²) in [6, 6.07) is 10.6. The van der Waals surface area contributed by atoms with E-state index in [0.29, 0.717) is 27.1 Å². The predicted octanol–water partition coefficient (Wildman–Crippen LogP) is 5.00. The number of aromatic nitrogens is 1. The van der Waals surface area contributed by atoms with Crippen molar-refractivity contribution in [2.45, 2.75) is 24.6 Å². The summed E-state index contributed by atoms with van der Waals surface area (Å²) < 4.78 is 68.9. The molecule has 8 rings (SSSR count). The average Bonchev–Trinajstić information content (AvgIpc) is 3.47. The fraction of sp³-hybridized carbons (Fsp3) is 0.281. The lowest BCUT2D eigenvalue weighted by atomic mass is 9.80. The molecule has 4 aliphatic rings. The van der Waals surface area contributed by atoms with E-state index in [2.05, 4.69) is 4.74 Å². The molecule has 0 spiro atoms. The Morgan fingerprint density at radius 2 is 1.93 bits per heavy atom. The lowest BCUT2D eigenvalue weighted by Gasteiger charge is -2.51. The highest BCUT2D eigenvalue weighted by molar-refractivity contribution is 7.14. The number of nitrogens with zero attached hydrogens (tertiary/aromatic N) is 3. The Morgan fingerprint density at radius 3 is 2.76 bits per heavy atom. The van der Waals surface area contributed by atoms with E-state index in [9.17, 15) is 14.4 Å². The second-order valence-electron chi connectivity index (χ2n) is 11.2. The molecule has 14 heteroatoms. The van der Waals surface area contributed by atoms with Gasteiger partial charge >= 0.3 is 6.16 Å². The summed E-state index contributed by atoms with van der Waals surface area (Å²) in [5, 5.41) is 3.30. The van der Waals surface area contributed by atoms with Crippen LogP contribution in [0.15, 0.2) is 58.8 Å². The number of carbonyl (C=O) groups excluding carboxylic acids is 2. The van der Waals surface area contributed by atoms with Crippen molar-refractivity contribution in [2.24, 2.45) is 0 Å². The number of morpholine rings is 1. The monoisotopic (exact) mass is 651 g/mol. The van der Waals surface area contributed by atoms with E-state index < -0.39 is 54.7 Å². The van der Waals surface area contributed by atoms with Crippen molar-refractivity contribution in [3.8, 4) is 27.3 Å². The number of hydrogen-bond donors (Lipinski definition) is 0. The number of ether oxygens (including phenoxy) is 4. The molecule has 2 aromatic heterocycles. The molecular weight excluding hydrogens is 627 g/mol. The van der Waals surface area contributed by atoms with Crippen LogP contribution in [-0.2, 0) is 26.6 Å². The number of alkyl halides is 2. The number of thiophene rings is 1. The fourth-order valence-corrected chi connectivity index (χ4v) is 8.15. The number of hydrogen-bond acceptors (Lipinski definition) is 9. The summed E-state index contributed by atoms with van der Waals surface area (Å²) in [6.07, 6.45) is -1.12. The summed E-state index contributed by atoms with van der Waals surface area (Å²) in [7, 11) is 1.11. The van der Waals surface area contributed by atoms with Crippen LogP contribution in [0.25, 0.3) is 21.6 Å². The Hall–Kier alpha value is -4.82. The van der Waals surface area contributed by atoms with Gasteiger partial charge in [0.25, 0.3) is 11.8 Å². The van der Waals surface area contributed by atoms with Crippen LogP contribution in [0.5, 0.6) is 5.75 Å². The van der Waals surface area contributed by atoms with Gasteiger partial charge in [-0.1, -0.05) is 30.3 Å². The van der Waals surface area contributed by atoms with Crippen molar-refractivity contribution in [1.29, 1.82) is 0 Å². The molecule has 2 aromatic carbocycles. The van der Waals surface area contributed by atoms with Gasteiger partial charge in [-0.3, -0.25) is 19.3 Å². The summed E-state index contributed by atoms with van der Waals surface area (Å²) >= 11 is 1.18. The first-order chi connectivity index (χ1) is 22.2. The molecule has 0 radical (unpaired) electrons. The number of carbonyl (C=O) groups is 2. The van der Waals surface area contributed by atoms with Crippen LogP contribution in [0.2, 0.25) is 0 Å². The molecule has 236 valence electrons. The molecule has 1 saturated heterocycles. The standard InChI is InChI=1S/C32H24F3N3O7S/c1-42-31(41)45-15-44-28-22(39)8-9-37-27(28)30(40)36-10-11-43-13-23(36)38(37)26-16-4-2-3-5-17(16)29-25-20(14-46-29)32(34,35)12-19-21(33)7-6-18(26)24(19)25/h2-9,14,23,26H,10-13,15H2,1H3. The second kappa shape index (κ2) is 10.4. The molecule has 2 aliphatic carbocycles. The smallest absolute Gasteiger partial charge is 0.451 e. The van der Waals surface area contributed by atoms with Gasteiger partial charge in [-0.15, -0.1) is 11.3 Å². The van der Waals surface area contributed by atoms with Gasteiger partial charge in [0.15, 0.2) is 5.69 Å². The van der Waals surface area contributed by atoms with E-state index in [-0.39, 0.29) is 42.3 Å². The van der Waals surface area contributed by atoms with Gasteiger partial charge in [-0.05, 0) is 28.3 Å². The van der Waals surface area contributed by atoms with Crippen LogP contribution in [0.1, 0.15) is 38.8 Å². The Kier molecular flexibility index (Phi) is 6.45. The Morgan fingerprint density at radius 1 is 1.11 bits per heavy atom. The van der Waals surface area contributed by atoms with Crippen molar-refractivity contribution >= 4 is 23.4 Å². The van der Waals surface area contributed by atoms with E-state index in [1.165, 1.54) is 39.7 Å². The molecule has 0 saturated carbocycles. The number of fused-ring (bicyclic) bond motifs is 4. The number of pyridine rings is 1. The van der Waals surface area contributed by atoms with Gasteiger partial charge in [0.2, 0.25) is 18.0 Å². The minimum Gasteiger partial charge on any atom is -0.451 e. The van der Waals surface area contributed by atoms with E-state index in [0.717, 1.165) is 12.7 Å². The SMILES string of the molecule is COC(=O)OCOc1c2n(ccc1=O)N(C1c3ccccc3-c3scc4c3-c3c1ccc(F)c3CC4(F)F)C1COCCN1C2=O. The fourth-order valence-electron chi connectivity index (χ4n) is 6.98. The van der Waals surface area contributed by atoms with Gasteiger partial charge in [0, 0.05) is 52.2 Å². The van der Waals surface area contributed by atoms with E-state index in [1.807, 2.05) is 29.3 Å². The van der Waals surface area contributed by atoms with Crippen LogP contribution in [-0.4, -0.2) is 61.5 Å². The first-order valence-corrected chi connectivity index (χ1v) is 15.3. The van der Waals surface area contributed by atoms with Gasteiger partial charge in [-0.25, -0.2) is 18.0 Å². The molecule has 2 atom stereocenters. The Bertz CT molecular complexity index is 2010. The van der Waals surface area contributed by atoms with Gasteiger partial charge in [-0.2, -0.15) is 0 Å². The minimum absolute atomic E-state index is 0.0820. The van der Waals surface area contributed by atoms with Crippen LogP contribution >= 0.6 is 11.3 Å². The number of amides is 1. The van der Waals surface area contributed by atoms with Crippen LogP contribution < -0.4 is 15.2 Å². The molecule has 4 aromatic rings. The van der Waals surface area contributed by atoms with Crippen molar-refractivity contribution in [2.75, 3.05) is 38.7 Å². The van der Waals surface area contributed by atoms with Crippen LogP contribution in [0, 0.1) is 5.82 Å². The van der Waals surface area contributed by atoms with E-state index in [1.54, 1.807) is 11.0 Å². The van der Waals surface area contributed by atoms with Crippen molar-refractivity contribution in [3.63, 3.8) is 0 Å². The van der Waals surface area contributed by atoms with Crippen LogP contribution in [0.4, 0.5) is 18.0 Å². The predicted molar refractivity (Wildman–Crippen MR) is 158 cm³/mol. The zero-order valence-electron chi connectivity index (χ0n) is 24.1. The number of halogens is 3. The first-order valence-electron chi connectivity index (χ1n) is 14.4. The molecule has 1 amide bonds. The van der Waals surface area contributed by atoms with Crippen molar-refractivity contribution in [1.82, 2.24) is 9.58 Å². The molecule has 2 unspecified atom stereocenters. The molecule has 0 N–H and O–H groups in total. The summed E-state index contributed by atoms with van der Waals surface area (Å²) in [5.41, 5.74) is 1.67. The van der Waals surface area contributed by atoms with E-state index >= 15 is 13.2 Å². The lowest BCUT2D eigenvalue weighted by Crippen LogP contribution is -2.66. The quantitative estimate of drug-likeness (QED) is 0.225. The maximum absolute atomic E-state index is 15.6. The van der Waals surface area contributed by atoms with Crippen LogP contribution in [0.3, 0.4) is 0 Å². The summed E-state index contributed by atoms with van der Waals surface area (Å²) in [4.78, 5) is 40.9. The Labute approximate surface area is 263 Å². The second-order valence-corrected chi connectivity index (χ2v) is 12.1. The molecule has 0 bridgehead atoms. The number of methoxy groups -OCH3 is 1. The largest absolute Gasteiger partial charge is 0.510 e. The highest BCUT2D eigenvalue weighted by Gasteiger charge is 2.50. The summed E-state index contributed by atoms with van der Waals surface area (Å²) in [6.45, 7) is -0.196. The normalized spacial score (nSPS) is 20.1. The number of rotatable bonds is 4.